The molecule has 0 unspecified atom stereocenters. The summed E-state index contributed by atoms with van der Waals surface area (Å²) in [7, 11) is 3.51. The van der Waals surface area contributed by atoms with Crippen LogP contribution in [0.15, 0.2) is 41.5 Å². The smallest absolute Gasteiger partial charge is 0.137 e. The lowest BCUT2D eigenvalue weighted by atomic mass is 10.2. The van der Waals surface area contributed by atoms with Gasteiger partial charge in [-0.1, -0.05) is 12.1 Å². The molecule has 84 valence electrons. The molecule has 1 aromatic carbocycles. The van der Waals surface area contributed by atoms with Crippen molar-refractivity contribution in [3.05, 3.63) is 41.2 Å². The van der Waals surface area contributed by atoms with Gasteiger partial charge in [-0.3, -0.25) is 0 Å². The maximum Gasteiger partial charge on any atom is 0.137 e. The second-order valence-electron chi connectivity index (χ2n) is 3.49. The molecule has 2 rings (SSSR count). The van der Waals surface area contributed by atoms with Crippen LogP contribution >= 0.6 is 0 Å². The lowest BCUT2D eigenvalue weighted by molar-refractivity contribution is 0.204. The van der Waals surface area contributed by atoms with Crippen LogP contribution in [0.5, 0.6) is 0 Å². The average molecular weight is 219 g/mol. The molecule has 0 saturated carbocycles. The maximum atomic E-state index is 10.4. The van der Waals surface area contributed by atoms with Crippen molar-refractivity contribution < 1.29 is 4.74 Å². The maximum absolute atomic E-state index is 10.4. The van der Waals surface area contributed by atoms with Crippen molar-refractivity contribution in [1.29, 1.82) is 0 Å². The van der Waals surface area contributed by atoms with E-state index in [4.69, 9.17) is 4.74 Å². The predicted molar refractivity (Wildman–Crippen MR) is 63.1 cm³/mol. The van der Waals surface area contributed by atoms with Crippen molar-refractivity contribution in [2.45, 2.75) is 0 Å². The van der Waals surface area contributed by atoms with E-state index in [0.717, 1.165) is 17.2 Å². The first-order valence-corrected chi connectivity index (χ1v) is 4.91. The second kappa shape index (κ2) is 4.32. The third-order valence-corrected chi connectivity index (χ3v) is 2.58. The van der Waals surface area contributed by atoms with E-state index in [0.29, 0.717) is 6.73 Å². The molecule has 0 amide bonds. The summed E-state index contributed by atoms with van der Waals surface area (Å²) in [6.07, 6.45) is 1.29. The fraction of sp³-hybridized carbons (Fsp3) is 0.273. The Kier molecular flexibility index (Phi) is 2.87. The molecule has 0 aromatic heterocycles. The first-order valence-electron chi connectivity index (χ1n) is 4.91. The average Bonchev–Trinajstić information content (AvgIpc) is 2.57. The molecular formula is C11H13N3O2. The van der Waals surface area contributed by atoms with Crippen molar-refractivity contribution in [3.8, 4) is 0 Å². The van der Waals surface area contributed by atoms with Gasteiger partial charge < -0.3 is 14.5 Å². The first-order chi connectivity index (χ1) is 7.79. The van der Waals surface area contributed by atoms with Crippen molar-refractivity contribution in [3.63, 3.8) is 0 Å². The third kappa shape index (κ3) is 1.55. The number of methoxy groups -OCH3 is 1. The van der Waals surface area contributed by atoms with Crippen molar-refractivity contribution in [2.75, 3.05) is 30.7 Å². The zero-order chi connectivity index (χ0) is 11.5. The fourth-order valence-corrected chi connectivity index (χ4v) is 1.87. The van der Waals surface area contributed by atoms with E-state index in [-0.39, 0.29) is 0 Å². The van der Waals surface area contributed by atoms with Crippen LogP contribution in [0, 0.1) is 4.91 Å². The van der Waals surface area contributed by atoms with Crippen LogP contribution in [0.1, 0.15) is 0 Å². The number of hydrogen-bond donors (Lipinski definition) is 0. The van der Waals surface area contributed by atoms with Gasteiger partial charge in [-0.25, -0.2) is 0 Å². The van der Waals surface area contributed by atoms with Gasteiger partial charge in [0.2, 0.25) is 0 Å². The number of hydrogen-bond acceptors (Lipinski definition) is 5. The van der Waals surface area contributed by atoms with E-state index in [2.05, 4.69) is 5.18 Å². The SMILES string of the molecule is COCN1/C(=C/N=O)N(C)c2ccccc21. The lowest BCUT2D eigenvalue weighted by Crippen LogP contribution is -2.27. The highest BCUT2D eigenvalue weighted by Crippen LogP contribution is 2.39. The highest BCUT2D eigenvalue weighted by atomic mass is 16.5. The van der Waals surface area contributed by atoms with Gasteiger partial charge in [-0.15, -0.1) is 4.91 Å². The van der Waals surface area contributed by atoms with Gasteiger partial charge in [0.05, 0.1) is 11.4 Å². The van der Waals surface area contributed by atoms with E-state index in [1.807, 2.05) is 41.1 Å². The summed E-state index contributed by atoms with van der Waals surface area (Å²) in [5, 5.41) is 2.83. The van der Waals surface area contributed by atoms with Crippen molar-refractivity contribution in [2.24, 2.45) is 5.18 Å². The Morgan fingerprint density at radius 1 is 1.38 bits per heavy atom. The number of para-hydroxylation sites is 2. The molecule has 0 aliphatic carbocycles. The van der Waals surface area contributed by atoms with Gasteiger partial charge in [-0.05, 0) is 17.3 Å². The molecule has 0 bridgehead atoms. The number of anilines is 2. The highest BCUT2D eigenvalue weighted by Gasteiger charge is 2.28. The molecule has 0 spiro atoms. The molecule has 0 N–H and O–H groups in total. The Labute approximate surface area is 93.9 Å². The topological polar surface area (TPSA) is 45.1 Å². The van der Waals surface area contributed by atoms with Gasteiger partial charge in [-0.2, -0.15) is 0 Å². The Morgan fingerprint density at radius 3 is 2.69 bits per heavy atom. The lowest BCUT2D eigenvalue weighted by Gasteiger charge is -2.20. The summed E-state index contributed by atoms with van der Waals surface area (Å²) in [5.74, 6) is 0.720. The quantitative estimate of drug-likeness (QED) is 0.730. The number of ether oxygens (including phenoxy) is 1. The summed E-state index contributed by atoms with van der Waals surface area (Å²) >= 11 is 0. The highest BCUT2D eigenvalue weighted by molar-refractivity contribution is 5.81. The van der Waals surface area contributed by atoms with Crippen LogP contribution in [-0.4, -0.2) is 20.9 Å². The molecular weight excluding hydrogens is 206 g/mol. The number of fused-ring (bicyclic) bond motifs is 1. The summed E-state index contributed by atoms with van der Waals surface area (Å²) in [5.41, 5.74) is 2.05. The molecule has 1 aliphatic rings. The van der Waals surface area contributed by atoms with E-state index >= 15 is 0 Å². The molecule has 0 atom stereocenters. The monoisotopic (exact) mass is 219 g/mol. The summed E-state index contributed by atoms with van der Waals surface area (Å²) in [6, 6.07) is 7.88. The molecule has 0 radical (unpaired) electrons. The van der Waals surface area contributed by atoms with Crippen LogP contribution < -0.4 is 9.80 Å². The van der Waals surface area contributed by atoms with Crippen molar-refractivity contribution in [1.82, 2.24) is 0 Å². The van der Waals surface area contributed by atoms with Crippen LogP contribution in [0.2, 0.25) is 0 Å². The predicted octanol–water partition coefficient (Wildman–Crippen LogP) is 2.11. The summed E-state index contributed by atoms with van der Waals surface area (Å²) in [6.45, 7) is 0.392. The Balaban J connectivity index is 2.47. The van der Waals surface area contributed by atoms with Gasteiger partial charge in [0.15, 0.2) is 0 Å². The summed E-state index contributed by atoms with van der Waals surface area (Å²) in [4.78, 5) is 14.2. The molecule has 5 heteroatoms. The Bertz CT molecular complexity index is 431. The minimum atomic E-state index is 0.392. The van der Waals surface area contributed by atoms with Gasteiger partial charge in [0, 0.05) is 14.2 Å². The van der Waals surface area contributed by atoms with E-state index < -0.39 is 0 Å². The third-order valence-electron chi connectivity index (χ3n) is 2.58. The Hall–Kier alpha value is -1.88. The van der Waals surface area contributed by atoms with E-state index in [1.165, 1.54) is 6.20 Å². The zero-order valence-corrected chi connectivity index (χ0v) is 9.25. The second-order valence-corrected chi connectivity index (χ2v) is 3.49. The number of rotatable bonds is 3. The number of benzene rings is 1. The molecule has 16 heavy (non-hydrogen) atoms. The Morgan fingerprint density at radius 2 is 2.06 bits per heavy atom. The largest absolute Gasteiger partial charge is 0.364 e. The molecule has 0 saturated heterocycles. The first kappa shape index (κ1) is 10.6. The molecule has 1 aromatic rings. The minimum absolute atomic E-state index is 0.392. The molecule has 5 nitrogen and oxygen atoms in total. The van der Waals surface area contributed by atoms with E-state index in [1.54, 1.807) is 7.11 Å². The van der Waals surface area contributed by atoms with Crippen LogP contribution in [0.25, 0.3) is 0 Å². The van der Waals surface area contributed by atoms with Crippen LogP contribution in [-0.2, 0) is 4.74 Å². The molecule has 1 aliphatic heterocycles. The van der Waals surface area contributed by atoms with Gasteiger partial charge in [0.1, 0.15) is 18.8 Å². The van der Waals surface area contributed by atoms with Gasteiger partial charge >= 0.3 is 0 Å². The normalized spacial score (nSPS) is 16.8. The minimum Gasteiger partial charge on any atom is -0.364 e. The molecule has 0 fully saturated rings. The molecule has 1 heterocycles. The van der Waals surface area contributed by atoms with E-state index in [9.17, 15) is 4.91 Å². The van der Waals surface area contributed by atoms with Crippen molar-refractivity contribution >= 4 is 11.4 Å². The standard InChI is InChI=1S/C11H13N3O2/c1-13-9-5-3-4-6-10(9)14(8-16-2)11(13)7-12-15/h3-7H,8H2,1-2H3/b11-7+. The fourth-order valence-electron chi connectivity index (χ4n) is 1.87. The number of nitroso groups, excluding NO2 is 1. The van der Waals surface area contributed by atoms with Gasteiger partial charge in [0.25, 0.3) is 0 Å². The zero-order valence-electron chi connectivity index (χ0n) is 9.25. The van der Waals surface area contributed by atoms with Crippen LogP contribution in [0.4, 0.5) is 11.4 Å². The van der Waals surface area contributed by atoms with Crippen LogP contribution in [0.3, 0.4) is 0 Å². The number of nitrogens with zero attached hydrogens (tertiary/aromatic N) is 3. The summed E-state index contributed by atoms with van der Waals surface area (Å²) < 4.78 is 5.12.